The number of rotatable bonds is 8. The Bertz CT molecular complexity index is 843. The first-order chi connectivity index (χ1) is 12.7. The maximum Gasteiger partial charge on any atom is 0.255 e. The number of carbonyl (C=O) groups excluding carboxylic acids is 1. The Morgan fingerprint density at radius 3 is 2.65 bits per heavy atom. The second kappa shape index (κ2) is 8.61. The molecule has 0 N–H and O–H groups in total. The minimum atomic E-state index is 0.0804. The number of aromatic nitrogens is 3. The molecule has 26 heavy (non-hydrogen) atoms. The zero-order valence-electron chi connectivity index (χ0n) is 15.5. The average molecular weight is 350 g/mol. The number of benzene rings is 1. The summed E-state index contributed by atoms with van der Waals surface area (Å²) in [5.74, 6) is 0.0804. The second-order valence-corrected chi connectivity index (χ2v) is 6.64. The molecule has 0 aliphatic carbocycles. The van der Waals surface area contributed by atoms with Gasteiger partial charge in [0.1, 0.15) is 6.33 Å². The van der Waals surface area contributed by atoms with E-state index in [4.69, 9.17) is 0 Å². The highest BCUT2D eigenvalue weighted by atomic mass is 16.2. The predicted octanol–water partition coefficient (Wildman–Crippen LogP) is 3.99. The van der Waals surface area contributed by atoms with Crippen LogP contribution in [-0.4, -0.2) is 38.0 Å². The molecule has 1 atom stereocenters. The molecule has 0 saturated carbocycles. The summed E-state index contributed by atoms with van der Waals surface area (Å²) in [4.78, 5) is 15.3. The quantitative estimate of drug-likeness (QED) is 0.617. The first-order valence-electron chi connectivity index (χ1n) is 9.37. The van der Waals surface area contributed by atoms with Crippen molar-refractivity contribution in [3.05, 3.63) is 66.1 Å². The van der Waals surface area contributed by atoms with Gasteiger partial charge in [-0.3, -0.25) is 9.20 Å². The molecular weight excluding hydrogens is 324 g/mol. The van der Waals surface area contributed by atoms with Crippen LogP contribution in [0.2, 0.25) is 0 Å². The van der Waals surface area contributed by atoms with Crippen molar-refractivity contribution in [2.75, 3.05) is 6.54 Å². The van der Waals surface area contributed by atoms with Gasteiger partial charge in [0, 0.05) is 18.8 Å². The normalized spacial score (nSPS) is 12.2. The van der Waals surface area contributed by atoms with Gasteiger partial charge in [-0.25, -0.2) is 0 Å². The summed E-state index contributed by atoms with van der Waals surface area (Å²) in [6, 6.07) is 14.3. The lowest BCUT2D eigenvalue weighted by atomic mass is 9.99. The van der Waals surface area contributed by atoms with Crippen molar-refractivity contribution in [3.8, 4) is 0 Å². The fourth-order valence-electron chi connectivity index (χ4n) is 3.40. The SMILES string of the molecule is CCC[C@H](Cc1ccccc1)N(CCC)C(=O)c1ccc2nncn2c1. The van der Waals surface area contributed by atoms with Crippen molar-refractivity contribution < 1.29 is 4.79 Å². The van der Waals surface area contributed by atoms with Gasteiger partial charge in [0.2, 0.25) is 0 Å². The first-order valence-corrected chi connectivity index (χ1v) is 9.37. The smallest absolute Gasteiger partial charge is 0.255 e. The molecule has 0 spiro atoms. The van der Waals surface area contributed by atoms with Crippen molar-refractivity contribution in [1.29, 1.82) is 0 Å². The number of hydrogen-bond acceptors (Lipinski definition) is 3. The maximum atomic E-state index is 13.3. The fourth-order valence-corrected chi connectivity index (χ4v) is 3.40. The maximum absolute atomic E-state index is 13.3. The lowest BCUT2D eigenvalue weighted by molar-refractivity contribution is 0.0666. The molecule has 0 unspecified atom stereocenters. The Balaban J connectivity index is 1.87. The molecule has 1 amide bonds. The summed E-state index contributed by atoms with van der Waals surface area (Å²) >= 11 is 0. The lowest BCUT2D eigenvalue weighted by Crippen LogP contribution is -2.42. The summed E-state index contributed by atoms with van der Waals surface area (Å²) in [5, 5.41) is 7.90. The summed E-state index contributed by atoms with van der Waals surface area (Å²) in [6.45, 7) is 5.06. The Morgan fingerprint density at radius 2 is 1.92 bits per heavy atom. The van der Waals surface area contributed by atoms with Crippen LogP contribution in [0, 0.1) is 0 Å². The number of carbonyl (C=O) groups is 1. The molecule has 0 saturated heterocycles. The molecule has 0 radical (unpaired) electrons. The van der Waals surface area contributed by atoms with Crippen molar-refractivity contribution >= 4 is 11.6 Å². The number of pyridine rings is 1. The van der Waals surface area contributed by atoms with Crippen LogP contribution in [0.25, 0.3) is 5.65 Å². The molecule has 0 fully saturated rings. The van der Waals surface area contributed by atoms with E-state index in [1.54, 1.807) is 10.7 Å². The van der Waals surface area contributed by atoms with Crippen LogP contribution in [0.1, 0.15) is 49.0 Å². The van der Waals surface area contributed by atoms with Crippen LogP contribution < -0.4 is 0 Å². The van der Waals surface area contributed by atoms with Gasteiger partial charge >= 0.3 is 0 Å². The van der Waals surface area contributed by atoms with E-state index in [-0.39, 0.29) is 11.9 Å². The van der Waals surface area contributed by atoms with Gasteiger partial charge in [-0.2, -0.15) is 0 Å². The van der Waals surface area contributed by atoms with Gasteiger partial charge < -0.3 is 4.90 Å². The zero-order chi connectivity index (χ0) is 18.4. The number of amides is 1. The lowest BCUT2D eigenvalue weighted by Gasteiger charge is -2.32. The van der Waals surface area contributed by atoms with E-state index >= 15 is 0 Å². The van der Waals surface area contributed by atoms with E-state index in [0.29, 0.717) is 5.56 Å². The fraction of sp³-hybridized carbons (Fsp3) is 0.381. The summed E-state index contributed by atoms with van der Waals surface area (Å²) in [6.07, 6.45) is 7.32. The molecule has 5 nitrogen and oxygen atoms in total. The van der Waals surface area contributed by atoms with Gasteiger partial charge in [-0.05, 0) is 37.0 Å². The Labute approximate surface area is 154 Å². The Kier molecular flexibility index (Phi) is 6.00. The monoisotopic (exact) mass is 350 g/mol. The third kappa shape index (κ3) is 4.10. The number of hydrogen-bond donors (Lipinski definition) is 0. The molecule has 1 aromatic carbocycles. The van der Waals surface area contributed by atoms with Gasteiger partial charge in [-0.1, -0.05) is 50.6 Å². The van der Waals surface area contributed by atoms with E-state index in [9.17, 15) is 4.79 Å². The number of nitrogens with zero attached hydrogens (tertiary/aromatic N) is 4. The van der Waals surface area contributed by atoms with Crippen LogP contribution >= 0.6 is 0 Å². The molecule has 0 aliphatic rings. The van der Waals surface area contributed by atoms with Crippen LogP contribution in [0.15, 0.2) is 55.0 Å². The summed E-state index contributed by atoms with van der Waals surface area (Å²) in [5.41, 5.74) is 2.70. The molecule has 2 heterocycles. The molecule has 3 aromatic rings. The molecule has 0 bridgehead atoms. The predicted molar refractivity (Wildman–Crippen MR) is 103 cm³/mol. The first kappa shape index (κ1) is 18.1. The molecule has 3 rings (SSSR count). The van der Waals surface area contributed by atoms with Crippen LogP contribution in [0.4, 0.5) is 0 Å². The summed E-state index contributed by atoms with van der Waals surface area (Å²) < 4.78 is 1.80. The largest absolute Gasteiger partial charge is 0.335 e. The second-order valence-electron chi connectivity index (χ2n) is 6.64. The van der Waals surface area contributed by atoms with E-state index in [0.717, 1.165) is 37.9 Å². The van der Waals surface area contributed by atoms with E-state index in [1.165, 1.54) is 5.56 Å². The Morgan fingerprint density at radius 1 is 1.12 bits per heavy atom. The number of fused-ring (bicyclic) bond motifs is 1. The van der Waals surface area contributed by atoms with Crippen molar-refractivity contribution in [3.63, 3.8) is 0 Å². The third-order valence-electron chi connectivity index (χ3n) is 4.64. The van der Waals surface area contributed by atoms with Crippen molar-refractivity contribution in [2.45, 2.75) is 45.6 Å². The van der Waals surface area contributed by atoms with Gasteiger partial charge in [0.15, 0.2) is 5.65 Å². The summed E-state index contributed by atoms with van der Waals surface area (Å²) in [7, 11) is 0. The van der Waals surface area contributed by atoms with Gasteiger partial charge in [-0.15, -0.1) is 10.2 Å². The van der Waals surface area contributed by atoms with Crippen LogP contribution in [0.3, 0.4) is 0 Å². The van der Waals surface area contributed by atoms with Crippen molar-refractivity contribution in [1.82, 2.24) is 19.5 Å². The minimum absolute atomic E-state index is 0.0804. The van der Waals surface area contributed by atoms with Gasteiger partial charge in [0.05, 0.1) is 5.56 Å². The minimum Gasteiger partial charge on any atom is -0.335 e. The van der Waals surface area contributed by atoms with Crippen LogP contribution in [-0.2, 0) is 6.42 Å². The zero-order valence-corrected chi connectivity index (χ0v) is 15.5. The van der Waals surface area contributed by atoms with E-state index < -0.39 is 0 Å². The molecule has 136 valence electrons. The van der Waals surface area contributed by atoms with E-state index in [2.05, 4.69) is 48.3 Å². The van der Waals surface area contributed by atoms with E-state index in [1.807, 2.05) is 29.3 Å². The van der Waals surface area contributed by atoms with Crippen molar-refractivity contribution in [2.24, 2.45) is 0 Å². The molecule has 5 heteroatoms. The standard InChI is InChI=1S/C21H26N4O/c1-3-8-19(14-17-9-6-5-7-10-17)25(13-4-2)21(26)18-11-12-20-23-22-16-24(20)15-18/h5-7,9-12,15-16,19H,3-4,8,13-14H2,1-2H3/t19-/m1/s1. The highest BCUT2D eigenvalue weighted by molar-refractivity contribution is 5.94. The average Bonchev–Trinajstić information content (AvgIpc) is 3.14. The highest BCUT2D eigenvalue weighted by Gasteiger charge is 2.24. The topological polar surface area (TPSA) is 50.5 Å². The Hall–Kier alpha value is -2.69. The molecule has 0 aliphatic heterocycles. The van der Waals surface area contributed by atoms with Crippen LogP contribution in [0.5, 0.6) is 0 Å². The molecular formula is C21H26N4O. The third-order valence-corrected chi connectivity index (χ3v) is 4.64. The van der Waals surface area contributed by atoms with Gasteiger partial charge in [0.25, 0.3) is 5.91 Å². The molecule has 2 aromatic heterocycles. The highest BCUT2D eigenvalue weighted by Crippen LogP contribution is 2.18.